The fourth-order valence-corrected chi connectivity index (χ4v) is 2.20. The zero-order valence-electron chi connectivity index (χ0n) is 8.50. The van der Waals surface area contributed by atoms with E-state index in [1.165, 1.54) is 11.5 Å². The number of hydrogen-bond acceptors (Lipinski definition) is 3. The molecule has 14 heavy (non-hydrogen) atoms. The Morgan fingerprint density at radius 1 is 1.71 bits per heavy atom. The van der Waals surface area contributed by atoms with Gasteiger partial charge in [0, 0.05) is 11.1 Å². The summed E-state index contributed by atoms with van der Waals surface area (Å²) in [5, 5.41) is 0. The van der Waals surface area contributed by atoms with Crippen LogP contribution in [0.15, 0.2) is 6.08 Å². The Labute approximate surface area is 89.0 Å². The molecule has 2 nitrogen and oxygen atoms in total. The predicted octanol–water partition coefficient (Wildman–Crippen LogP) is 2.71. The standard InChI is InChI=1S/C11H14N2S/c1-4-7-9-10(8(5-2)6-3)14-13-11(9)12/h2,6H,4,7H2,1,3H3,(H2,12,13)/b8-6-. The van der Waals surface area contributed by atoms with Crippen LogP contribution >= 0.6 is 11.5 Å². The van der Waals surface area contributed by atoms with Crippen molar-refractivity contribution in [2.24, 2.45) is 0 Å². The summed E-state index contributed by atoms with van der Waals surface area (Å²) in [6.07, 6.45) is 9.33. The highest BCUT2D eigenvalue weighted by Gasteiger charge is 2.12. The van der Waals surface area contributed by atoms with Gasteiger partial charge in [0.25, 0.3) is 0 Å². The number of nitrogen functional groups attached to an aromatic ring is 1. The molecule has 0 bridgehead atoms. The molecule has 2 N–H and O–H groups in total. The third-order valence-corrected chi connectivity index (χ3v) is 2.94. The Morgan fingerprint density at radius 3 is 2.93 bits per heavy atom. The molecule has 0 aliphatic carbocycles. The lowest BCUT2D eigenvalue weighted by molar-refractivity contribution is 0.924. The van der Waals surface area contributed by atoms with Gasteiger partial charge in [-0.15, -0.1) is 6.42 Å². The molecule has 0 saturated heterocycles. The van der Waals surface area contributed by atoms with Crippen LogP contribution in [0.1, 0.15) is 30.7 Å². The van der Waals surface area contributed by atoms with Crippen LogP contribution in [0.25, 0.3) is 5.57 Å². The third-order valence-electron chi connectivity index (χ3n) is 2.01. The summed E-state index contributed by atoms with van der Waals surface area (Å²) in [6, 6.07) is 0. The van der Waals surface area contributed by atoms with E-state index in [1.54, 1.807) is 0 Å². The van der Waals surface area contributed by atoms with Crippen LogP contribution in [0.2, 0.25) is 0 Å². The lowest BCUT2D eigenvalue weighted by Gasteiger charge is -2.00. The summed E-state index contributed by atoms with van der Waals surface area (Å²) >= 11 is 1.39. The van der Waals surface area contributed by atoms with Crippen LogP contribution in [0, 0.1) is 12.3 Å². The monoisotopic (exact) mass is 206 g/mol. The first-order valence-corrected chi connectivity index (χ1v) is 5.39. The summed E-state index contributed by atoms with van der Waals surface area (Å²) < 4.78 is 4.14. The zero-order chi connectivity index (χ0) is 10.6. The van der Waals surface area contributed by atoms with E-state index in [-0.39, 0.29) is 0 Å². The van der Waals surface area contributed by atoms with Crippen LogP contribution in [0.5, 0.6) is 0 Å². The second-order valence-electron chi connectivity index (χ2n) is 2.97. The lowest BCUT2D eigenvalue weighted by Crippen LogP contribution is -1.93. The number of rotatable bonds is 3. The number of allylic oxidation sites excluding steroid dienone is 2. The summed E-state index contributed by atoms with van der Waals surface area (Å²) in [4.78, 5) is 1.05. The maximum absolute atomic E-state index is 5.78. The molecule has 0 radical (unpaired) electrons. The molecular formula is C11H14N2S. The highest BCUT2D eigenvalue weighted by Crippen LogP contribution is 2.28. The number of nitrogens with two attached hydrogens (primary N) is 1. The molecule has 0 saturated carbocycles. The topological polar surface area (TPSA) is 38.9 Å². The summed E-state index contributed by atoms with van der Waals surface area (Å²) in [5.41, 5.74) is 7.77. The number of anilines is 1. The Kier molecular flexibility index (Phi) is 3.73. The van der Waals surface area contributed by atoms with Gasteiger partial charge in [0.2, 0.25) is 0 Å². The molecule has 1 rings (SSSR count). The molecule has 1 aromatic heterocycles. The van der Waals surface area contributed by atoms with Crippen molar-refractivity contribution in [3.8, 4) is 12.3 Å². The van der Waals surface area contributed by atoms with Crippen LogP contribution in [-0.4, -0.2) is 4.37 Å². The van der Waals surface area contributed by atoms with Crippen molar-refractivity contribution in [1.82, 2.24) is 4.37 Å². The molecule has 1 aromatic rings. The van der Waals surface area contributed by atoms with Gasteiger partial charge >= 0.3 is 0 Å². The van der Waals surface area contributed by atoms with Crippen LogP contribution < -0.4 is 5.73 Å². The van der Waals surface area contributed by atoms with E-state index in [0.29, 0.717) is 5.82 Å². The molecule has 1 heterocycles. The fraction of sp³-hybridized carbons (Fsp3) is 0.364. The molecule has 0 unspecified atom stereocenters. The van der Waals surface area contributed by atoms with Gasteiger partial charge < -0.3 is 5.73 Å². The molecular weight excluding hydrogens is 192 g/mol. The van der Waals surface area contributed by atoms with Crippen molar-refractivity contribution in [1.29, 1.82) is 0 Å². The third kappa shape index (κ3) is 1.97. The fourth-order valence-electron chi connectivity index (χ4n) is 1.30. The van der Waals surface area contributed by atoms with E-state index in [4.69, 9.17) is 12.2 Å². The second kappa shape index (κ2) is 4.83. The van der Waals surface area contributed by atoms with Crippen molar-refractivity contribution in [2.75, 3.05) is 5.73 Å². The molecule has 74 valence electrons. The maximum Gasteiger partial charge on any atom is 0.140 e. The Morgan fingerprint density at radius 2 is 2.43 bits per heavy atom. The van der Waals surface area contributed by atoms with Gasteiger partial charge in [-0.3, -0.25) is 0 Å². The van der Waals surface area contributed by atoms with Gasteiger partial charge in [0.15, 0.2) is 0 Å². The van der Waals surface area contributed by atoms with Gasteiger partial charge in [0.1, 0.15) is 5.82 Å². The summed E-state index contributed by atoms with van der Waals surface area (Å²) in [6.45, 7) is 4.05. The summed E-state index contributed by atoms with van der Waals surface area (Å²) in [5.74, 6) is 3.28. The van der Waals surface area contributed by atoms with Gasteiger partial charge in [-0.25, -0.2) is 0 Å². The van der Waals surface area contributed by atoms with Gasteiger partial charge in [0.05, 0.1) is 4.88 Å². The van der Waals surface area contributed by atoms with Crippen molar-refractivity contribution < 1.29 is 0 Å². The Hall–Kier alpha value is -1.27. The van der Waals surface area contributed by atoms with E-state index in [2.05, 4.69) is 17.2 Å². The molecule has 3 heteroatoms. The SMILES string of the molecule is C#C/C(=C/C)c1snc(N)c1CCC. The normalized spacial score (nSPS) is 11.4. The maximum atomic E-state index is 5.78. The molecule has 0 aromatic carbocycles. The quantitative estimate of drug-likeness (QED) is 0.772. The number of nitrogens with zero attached hydrogens (tertiary/aromatic N) is 1. The lowest BCUT2D eigenvalue weighted by atomic mass is 10.1. The van der Waals surface area contributed by atoms with Gasteiger partial charge in [-0.1, -0.05) is 25.3 Å². The van der Waals surface area contributed by atoms with Crippen LogP contribution in [-0.2, 0) is 6.42 Å². The summed E-state index contributed by atoms with van der Waals surface area (Å²) in [7, 11) is 0. The van der Waals surface area contributed by atoms with E-state index in [0.717, 1.165) is 28.9 Å². The van der Waals surface area contributed by atoms with Crippen LogP contribution in [0.3, 0.4) is 0 Å². The largest absolute Gasteiger partial charge is 0.383 e. The molecule has 0 fully saturated rings. The van der Waals surface area contributed by atoms with Crippen LogP contribution in [0.4, 0.5) is 5.82 Å². The smallest absolute Gasteiger partial charge is 0.140 e. The van der Waals surface area contributed by atoms with Crippen molar-refractivity contribution >= 4 is 22.9 Å². The minimum absolute atomic E-state index is 0.626. The molecule has 0 aliphatic rings. The first-order valence-electron chi connectivity index (χ1n) is 4.61. The minimum Gasteiger partial charge on any atom is -0.383 e. The number of terminal acetylenes is 1. The average molecular weight is 206 g/mol. The molecule has 0 atom stereocenters. The molecule has 0 amide bonds. The average Bonchev–Trinajstić information content (AvgIpc) is 2.53. The first-order chi connectivity index (χ1) is 6.74. The van der Waals surface area contributed by atoms with Gasteiger partial charge in [-0.05, 0) is 24.9 Å². The van der Waals surface area contributed by atoms with E-state index < -0.39 is 0 Å². The first kappa shape index (κ1) is 10.8. The molecule has 0 spiro atoms. The van der Waals surface area contributed by atoms with Gasteiger partial charge in [-0.2, -0.15) is 4.37 Å². The minimum atomic E-state index is 0.626. The Bertz CT molecular complexity index is 382. The van der Waals surface area contributed by atoms with Crippen molar-refractivity contribution in [3.63, 3.8) is 0 Å². The van der Waals surface area contributed by atoms with Crippen molar-refractivity contribution in [2.45, 2.75) is 26.7 Å². The Balaban J connectivity index is 3.16. The molecule has 0 aliphatic heterocycles. The highest BCUT2D eigenvalue weighted by atomic mass is 32.1. The zero-order valence-corrected chi connectivity index (χ0v) is 9.32. The van der Waals surface area contributed by atoms with Crippen molar-refractivity contribution in [3.05, 3.63) is 16.5 Å². The predicted molar refractivity (Wildman–Crippen MR) is 63.0 cm³/mol. The van der Waals surface area contributed by atoms with E-state index in [9.17, 15) is 0 Å². The van der Waals surface area contributed by atoms with E-state index >= 15 is 0 Å². The second-order valence-corrected chi connectivity index (χ2v) is 3.75. The van der Waals surface area contributed by atoms with E-state index in [1.807, 2.05) is 13.0 Å². The number of aromatic nitrogens is 1. The number of hydrogen-bond donors (Lipinski definition) is 1. The highest BCUT2D eigenvalue weighted by molar-refractivity contribution is 7.07.